The first-order chi connectivity index (χ1) is 13.4. The van der Waals surface area contributed by atoms with Gasteiger partial charge in [0.25, 0.3) is 0 Å². The van der Waals surface area contributed by atoms with Crippen LogP contribution >= 0.6 is 0 Å². The molecule has 0 fully saturated rings. The maximum Gasteiger partial charge on any atom is 0.203 e. The van der Waals surface area contributed by atoms with Gasteiger partial charge in [-0.25, -0.2) is 0 Å². The van der Waals surface area contributed by atoms with E-state index in [-0.39, 0.29) is 0 Å². The van der Waals surface area contributed by atoms with E-state index in [2.05, 4.69) is 94.5 Å². The van der Waals surface area contributed by atoms with Crippen LogP contribution < -0.4 is 0 Å². The summed E-state index contributed by atoms with van der Waals surface area (Å²) in [7, 11) is 0. The molecular weight excluding hydrogens is 330 g/mol. The molecule has 0 N–H and O–H groups in total. The minimum atomic E-state index is -0.644. The Kier molecular flexibility index (Phi) is 3.65. The highest BCUT2D eigenvalue weighted by atomic mass is 15.3. The van der Waals surface area contributed by atoms with E-state index in [0.717, 1.165) is 17.0 Å². The van der Waals surface area contributed by atoms with Crippen LogP contribution in [0.25, 0.3) is 17.0 Å². The van der Waals surface area contributed by atoms with Crippen LogP contribution in [0.15, 0.2) is 115 Å². The lowest BCUT2D eigenvalue weighted by atomic mass is 9.95. The van der Waals surface area contributed by atoms with Crippen LogP contribution in [-0.2, 0) is 5.66 Å². The van der Waals surface area contributed by atoms with E-state index in [0.29, 0.717) is 0 Å². The maximum absolute atomic E-state index is 5.03. The number of nitrogens with zero attached hydrogens (tertiary/aromatic N) is 3. The third-order valence-electron chi connectivity index (χ3n) is 5.08. The molecule has 27 heavy (non-hydrogen) atoms. The minimum absolute atomic E-state index is 0.644. The van der Waals surface area contributed by atoms with Gasteiger partial charge >= 0.3 is 0 Å². The summed E-state index contributed by atoms with van der Waals surface area (Å²) in [5, 5.41) is 0. The Morgan fingerprint density at radius 2 is 1.37 bits per heavy atom. The molecule has 0 saturated carbocycles. The largest absolute Gasteiger partial charge is 0.323 e. The van der Waals surface area contributed by atoms with E-state index in [4.69, 9.17) is 4.99 Å². The van der Waals surface area contributed by atoms with Crippen LogP contribution in [0.1, 0.15) is 5.56 Å². The number of rotatable bonds is 4. The van der Waals surface area contributed by atoms with Gasteiger partial charge in [-0.3, -0.25) is 4.99 Å². The zero-order chi connectivity index (χ0) is 18.1. The summed E-state index contributed by atoms with van der Waals surface area (Å²) >= 11 is 0. The van der Waals surface area contributed by atoms with Crippen molar-refractivity contribution in [2.75, 3.05) is 0 Å². The Bertz CT molecular complexity index is 1100. The average molecular weight is 349 g/mol. The van der Waals surface area contributed by atoms with Crippen molar-refractivity contribution in [1.29, 1.82) is 0 Å². The zero-order valence-electron chi connectivity index (χ0n) is 14.8. The summed E-state index contributed by atoms with van der Waals surface area (Å²) in [6, 6.07) is 29.3. The molecule has 2 aromatic heterocycles. The molecule has 1 unspecified atom stereocenters. The van der Waals surface area contributed by atoms with Gasteiger partial charge in [-0.1, -0.05) is 60.7 Å². The summed E-state index contributed by atoms with van der Waals surface area (Å²) < 4.78 is 4.42. The molecule has 4 aromatic rings. The second-order valence-corrected chi connectivity index (χ2v) is 6.59. The van der Waals surface area contributed by atoms with E-state index >= 15 is 0 Å². The highest BCUT2D eigenvalue weighted by Crippen LogP contribution is 2.43. The molecule has 0 bridgehead atoms. The van der Waals surface area contributed by atoms with Gasteiger partial charge in [-0.05, 0) is 35.9 Å². The molecule has 0 aliphatic carbocycles. The topological polar surface area (TPSA) is 22.2 Å². The first kappa shape index (κ1) is 15.6. The number of allylic oxidation sites excluding steroid dienone is 1. The normalized spacial score (nSPS) is 18.6. The highest BCUT2D eigenvalue weighted by molar-refractivity contribution is 5.89. The standard InChI is InChI=1S/C24H19N3/c1-3-10-20(11-4-1)22-14-9-19-27(22)24(21-12-5-2-6-13-21)23(15-16-25-24)26-17-7-8-18-26/h1-19H. The van der Waals surface area contributed by atoms with Crippen molar-refractivity contribution in [3.63, 3.8) is 0 Å². The summed E-state index contributed by atoms with van der Waals surface area (Å²) in [6.07, 6.45) is 10.3. The molecule has 0 spiro atoms. The van der Waals surface area contributed by atoms with E-state index < -0.39 is 5.66 Å². The van der Waals surface area contributed by atoms with E-state index in [1.165, 1.54) is 5.56 Å². The number of aliphatic imine (C=N–C) groups is 1. The van der Waals surface area contributed by atoms with Crippen LogP contribution in [0.5, 0.6) is 0 Å². The van der Waals surface area contributed by atoms with Crippen LogP contribution in [0.3, 0.4) is 0 Å². The quantitative estimate of drug-likeness (QED) is 0.478. The van der Waals surface area contributed by atoms with Gasteiger partial charge in [0, 0.05) is 30.4 Å². The summed E-state index contributed by atoms with van der Waals surface area (Å²) in [5.74, 6) is 0. The van der Waals surface area contributed by atoms with Gasteiger partial charge < -0.3 is 9.13 Å². The number of aromatic nitrogens is 2. The van der Waals surface area contributed by atoms with Crippen LogP contribution in [0.2, 0.25) is 0 Å². The molecular formula is C24H19N3. The molecule has 1 atom stereocenters. The Morgan fingerprint density at radius 1 is 0.667 bits per heavy atom. The number of hydrogen-bond donors (Lipinski definition) is 0. The molecule has 130 valence electrons. The highest BCUT2D eigenvalue weighted by Gasteiger charge is 2.41. The van der Waals surface area contributed by atoms with E-state index in [1.807, 2.05) is 30.5 Å². The number of benzene rings is 2. The van der Waals surface area contributed by atoms with Crippen molar-refractivity contribution in [3.8, 4) is 11.3 Å². The molecule has 3 nitrogen and oxygen atoms in total. The van der Waals surface area contributed by atoms with Crippen molar-refractivity contribution in [1.82, 2.24) is 9.13 Å². The molecule has 5 rings (SSSR count). The molecule has 1 aliphatic heterocycles. The molecule has 0 saturated heterocycles. The van der Waals surface area contributed by atoms with Gasteiger partial charge in [-0.15, -0.1) is 0 Å². The van der Waals surface area contributed by atoms with Gasteiger partial charge in [0.1, 0.15) is 0 Å². The molecule has 3 heterocycles. The van der Waals surface area contributed by atoms with Crippen molar-refractivity contribution in [2.45, 2.75) is 5.66 Å². The fraction of sp³-hybridized carbons (Fsp3) is 0.0417. The maximum atomic E-state index is 5.03. The predicted molar refractivity (Wildman–Crippen MR) is 111 cm³/mol. The minimum Gasteiger partial charge on any atom is -0.323 e. The third-order valence-corrected chi connectivity index (χ3v) is 5.08. The Hall–Kier alpha value is -3.59. The van der Waals surface area contributed by atoms with Crippen molar-refractivity contribution in [2.24, 2.45) is 4.99 Å². The van der Waals surface area contributed by atoms with E-state index in [9.17, 15) is 0 Å². The SMILES string of the molecule is C1=NC(c2ccccc2)(n2cccc2-c2ccccc2)C(n2cccc2)=C1. The molecule has 2 aromatic carbocycles. The first-order valence-corrected chi connectivity index (χ1v) is 9.08. The molecule has 0 amide bonds. The lowest BCUT2D eigenvalue weighted by Crippen LogP contribution is -2.34. The van der Waals surface area contributed by atoms with Crippen LogP contribution in [0.4, 0.5) is 0 Å². The summed E-state index contributed by atoms with van der Waals surface area (Å²) in [4.78, 5) is 5.03. The first-order valence-electron chi connectivity index (χ1n) is 9.08. The second kappa shape index (κ2) is 6.29. The number of hydrogen-bond acceptors (Lipinski definition) is 1. The van der Waals surface area contributed by atoms with Gasteiger partial charge in [-0.2, -0.15) is 0 Å². The lowest BCUT2D eigenvalue weighted by Gasteiger charge is -2.34. The van der Waals surface area contributed by atoms with Crippen molar-refractivity contribution < 1.29 is 0 Å². The van der Waals surface area contributed by atoms with E-state index in [1.54, 1.807) is 0 Å². The second-order valence-electron chi connectivity index (χ2n) is 6.59. The van der Waals surface area contributed by atoms with Crippen molar-refractivity contribution >= 4 is 11.9 Å². The summed E-state index contributed by atoms with van der Waals surface area (Å²) in [6.45, 7) is 0. The predicted octanol–water partition coefficient (Wildman–Crippen LogP) is 5.28. The van der Waals surface area contributed by atoms with Crippen LogP contribution in [0, 0.1) is 0 Å². The zero-order valence-corrected chi connectivity index (χ0v) is 14.8. The Labute approximate surface area is 158 Å². The fourth-order valence-corrected chi connectivity index (χ4v) is 3.88. The lowest BCUT2D eigenvalue weighted by molar-refractivity contribution is 0.485. The fourth-order valence-electron chi connectivity index (χ4n) is 3.88. The van der Waals surface area contributed by atoms with Gasteiger partial charge in [0.15, 0.2) is 0 Å². The van der Waals surface area contributed by atoms with Crippen molar-refractivity contribution in [3.05, 3.63) is 115 Å². The molecule has 1 aliphatic rings. The monoisotopic (exact) mass is 349 g/mol. The molecule has 0 radical (unpaired) electrons. The van der Waals surface area contributed by atoms with Gasteiger partial charge in [0.05, 0.1) is 11.4 Å². The van der Waals surface area contributed by atoms with Crippen LogP contribution in [-0.4, -0.2) is 15.3 Å². The summed E-state index contributed by atoms with van der Waals surface area (Å²) in [5.41, 5.74) is 3.90. The average Bonchev–Trinajstić information content (AvgIpc) is 3.49. The Balaban J connectivity index is 1.79. The Morgan fingerprint density at radius 3 is 2.11 bits per heavy atom. The molecule has 3 heteroatoms. The van der Waals surface area contributed by atoms with Gasteiger partial charge in [0.2, 0.25) is 5.66 Å². The third kappa shape index (κ3) is 2.40. The smallest absolute Gasteiger partial charge is 0.203 e.